The first-order valence-electron chi connectivity index (χ1n) is 5.87. The number of hydrogen-bond donors (Lipinski definition) is 1. The summed E-state index contributed by atoms with van der Waals surface area (Å²) < 4.78 is 0. The molecule has 0 aliphatic carbocycles. The molecule has 2 fully saturated rings. The third-order valence-corrected chi connectivity index (χ3v) is 4.18. The van der Waals surface area contributed by atoms with Crippen LogP contribution >= 0.6 is 12.6 Å². The van der Waals surface area contributed by atoms with Crippen LogP contribution in [0.3, 0.4) is 0 Å². The lowest BCUT2D eigenvalue weighted by Crippen LogP contribution is -2.51. The second-order valence-corrected chi connectivity index (χ2v) is 5.24. The molecule has 0 spiro atoms. The highest BCUT2D eigenvalue weighted by atomic mass is 32.1. The fourth-order valence-electron chi connectivity index (χ4n) is 2.72. The summed E-state index contributed by atoms with van der Waals surface area (Å²) in [6.45, 7) is 8.76. The van der Waals surface area contributed by atoms with E-state index < -0.39 is 0 Å². The van der Waals surface area contributed by atoms with Gasteiger partial charge >= 0.3 is 0 Å². The topological polar surface area (TPSA) is 6.48 Å². The van der Waals surface area contributed by atoms with E-state index in [-0.39, 0.29) is 0 Å². The molecule has 2 rings (SSSR count). The molecular formula is C11H22N2S. The zero-order valence-electron chi connectivity index (χ0n) is 9.15. The number of piperazine rings is 1. The van der Waals surface area contributed by atoms with Crippen LogP contribution in [0, 0.1) is 5.92 Å². The molecule has 2 heterocycles. The summed E-state index contributed by atoms with van der Waals surface area (Å²) in [6.07, 6.45) is 2.84. The zero-order valence-corrected chi connectivity index (χ0v) is 10.0. The van der Waals surface area contributed by atoms with Crippen LogP contribution in [-0.4, -0.2) is 54.3 Å². The predicted octanol–water partition coefficient (Wildman–Crippen LogP) is 1.33. The molecular weight excluding hydrogens is 192 g/mol. The molecule has 3 heteroatoms. The number of nitrogens with zero attached hydrogens (tertiary/aromatic N) is 2. The van der Waals surface area contributed by atoms with E-state index in [4.69, 9.17) is 0 Å². The van der Waals surface area contributed by atoms with Crippen LogP contribution in [0.1, 0.15) is 19.8 Å². The van der Waals surface area contributed by atoms with E-state index in [0.29, 0.717) is 0 Å². The van der Waals surface area contributed by atoms with Gasteiger partial charge in [0.2, 0.25) is 0 Å². The average molecular weight is 214 g/mol. The Labute approximate surface area is 93.1 Å². The molecule has 2 unspecified atom stereocenters. The molecule has 0 aromatic rings. The minimum Gasteiger partial charge on any atom is -0.300 e. The maximum absolute atomic E-state index is 4.35. The predicted molar refractivity (Wildman–Crippen MR) is 64.1 cm³/mol. The van der Waals surface area contributed by atoms with E-state index in [0.717, 1.165) is 17.7 Å². The Bertz CT molecular complexity index is 186. The van der Waals surface area contributed by atoms with Crippen LogP contribution in [0.25, 0.3) is 0 Å². The van der Waals surface area contributed by atoms with Gasteiger partial charge in [-0.3, -0.25) is 4.90 Å². The van der Waals surface area contributed by atoms with Gasteiger partial charge in [0.05, 0.1) is 0 Å². The normalized spacial score (nSPS) is 31.7. The van der Waals surface area contributed by atoms with Crippen molar-refractivity contribution in [1.29, 1.82) is 0 Å². The first kappa shape index (κ1) is 10.8. The van der Waals surface area contributed by atoms with Crippen molar-refractivity contribution in [2.24, 2.45) is 5.92 Å². The maximum Gasteiger partial charge on any atom is 0.0224 e. The van der Waals surface area contributed by atoms with Crippen LogP contribution in [-0.2, 0) is 0 Å². The highest BCUT2D eigenvalue weighted by Crippen LogP contribution is 2.21. The van der Waals surface area contributed by atoms with Gasteiger partial charge in [-0.2, -0.15) is 12.6 Å². The Morgan fingerprint density at radius 3 is 3.00 bits per heavy atom. The maximum atomic E-state index is 4.35. The van der Waals surface area contributed by atoms with Gasteiger partial charge in [0.1, 0.15) is 0 Å². The minimum atomic E-state index is 0.742. The summed E-state index contributed by atoms with van der Waals surface area (Å²) in [4.78, 5) is 5.30. The van der Waals surface area contributed by atoms with Crippen molar-refractivity contribution in [2.45, 2.75) is 25.8 Å². The second-order valence-electron chi connectivity index (χ2n) is 4.88. The van der Waals surface area contributed by atoms with Crippen molar-refractivity contribution in [2.75, 3.05) is 38.5 Å². The van der Waals surface area contributed by atoms with Gasteiger partial charge in [-0.25, -0.2) is 0 Å². The molecule has 0 N–H and O–H groups in total. The number of thiol groups is 1. The molecule has 0 radical (unpaired) electrons. The van der Waals surface area contributed by atoms with Crippen LogP contribution < -0.4 is 0 Å². The molecule has 0 amide bonds. The van der Waals surface area contributed by atoms with Crippen LogP contribution in [0.5, 0.6) is 0 Å². The van der Waals surface area contributed by atoms with Crippen LogP contribution in [0.15, 0.2) is 0 Å². The van der Waals surface area contributed by atoms with Gasteiger partial charge in [-0.15, -0.1) is 0 Å². The van der Waals surface area contributed by atoms with Crippen molar-refractivity contribution in [3.8, 4) is 0 Å². The first-order chi connectivity index (χ1) is 6.79. The van der Waals surface area contributed by atoms with Gasteiger partial charge in [0.15, 0.2) is 0 Å². The average Bonchev–Trinajstić information content (AvgIpc) is 2.64. The van der Waals surface area contributed by atoms with Gasteiger partial charge in [-0.1, -0.05) is 6.92 Å². The zero-order chi connectivity index (χ0) is 9.97. The van der Waals surface area contributed by atoms with Crippen molar-refractivity contribution < 1.29 is 0 Å². The van der Waals surface area contributed by atoms with Crippen molar-refractivity contribution >= 4 is 12.6 Å². The molecule has 82 valence electrons. The summed E-state index contributed by atoms with van der Waals surface area (Å²) in [7, 11) is 0. The van der Waals surface area contributed by atoms with E-state index in [1.54, 1.807) is 0 Å². The molecule has 2 atom stereocenters. The molecule has 2 nitrogen and oxygen atoms in total. The van der Waals surface area contributed by atoms with Crippen molar-refractivity contribution in [3.63, 3.8) is 0 Å². The number of rotatable bonds is 3. The Morgan fingerprint density at radius 1 is 1.36 bits per heavy atom. The molecule has 2 aliphatic rings. The third-order valence-electron chi connectivity index (χ3n) is 3.55. The van der Waals surface area contributed by atoms with Gasteiger partial charge in [0.25, 0.3) is 0 Å². The van der Waals surface area contributed by atoms with E-state index in [1.165, 1.54) is 45.6 Å². The SMILES string of the molecule is CC(CS)CN1CCN2CCCC2C1. The first-order valence-corrected chi connectivity index (χ1v) is 6.50. The summed E-state index contributed by atoms with van der Waals surface area (Å²) in [5, 5.41) is 0. The molecule has 14 heavy (non-hydrogen) atoms. The van der Waals surface area contributed by atoms with Gasteiger partial charge in [0, 0.05) is 32.2 Å². The van der Waals surface area contributed by atoms with E-state index in [2.05, 4.69) is 29.4 Å². The number of hydrogen-bond acceptors (Lipinski definition) is 3. The fraction of sp³-hybridized carbons (Fsp3) is 1.00. The Kier molecular flexibility index (Phi) is 3.74. The summed E-state index contributed by atoms with van der Waals surface area (Å²) in [6, 6.07) is 0.871. The fourth-order valence-corrected chi connectivity index (χ4v) is 2.84. The Hall–Kier alpha value is 0.270. The Morgan fingerprint density at radius 2 is 2.21 bits per heavy atom. The van der Waals surface area contributed by atoms with Gasteiger partial charge in [-0.05, 0) is 31.1 Å². The largest absolute Gasteiger partial charge is 0.300 e. The van der Waals surface area contributed by atoms with E-state index in [9.17, 15) is 0 Å². The molecule has 0 aromatic heterocycles. The highest BCUT2D eigenvalue weighted by molar-refractivity contribution is 7.80. The quantitative estimate of drug-likeness (QED) is 0.708. The minimum absolute atomic E-state index is 0.742. The molecule has 0 saturated carbocycles. The lowest BCUT2D eigenvalue weighted by Gasteiger charge is -2.38. The summed E-state index contributed by atoms with van der Waals surface area (Å²) >= 11 is 4.35. The molecule has 2 saturated heterocycles. The summed E-state index contributed by atoms with van der Waals surface area (Å²) in [5.74, 6) is 1.76. The van der Waals surface area contributed by atoms with E-state index in [1.807, 2.05) is 0 Å². The monoisotopic (exact) mass is 214 g/mol. The van der Waals surface area contributed by atoms with Gasteiger partial charge < -0.3 is 4.90 Å². The van der Waals surface area contributed by atoms with Crippen molar-refractivity contribution in [1.82, 2.24) is 9.80 Å². The van der Waals surface area contributed by atoms with Crippen molar-refractivity contribution in [3.05, 3.63) is 0 Å². The molecule has 2 aliphatic heterocycles. The third kappa shape index (κ3) is 2.44. The highest BCUT2D eigenvalue weighted by Gasteiger charge is 2.30. The lowest BCUT2D eigenvalue weighted by molar-refractivity contribution is 0.0962. The lowest BCUT2D eigenvalue weighted by atomic mass is 10.1. The molecule has 0 aromatic carbocycles. The smallest absolute Gasteiger partial charge is 0.0224 e. The molecule has 0 bridgehead atoms. The summed E-state index contributed by atoms with van der Waals surface area (Å²) in [5.41, 5.74) is 0. The van der Waals surface area contributed by atoms with Crippen LogP contribution in [0.4, 0.5) is 0 Å². The standard InChI is InChI=1S/C11H22N2S/c1-10(9-14)7-12-5-6-13-4-2-3-11(13)8-12/h10-11,14H,2-9H2,1H3. The number of fused-ring (bicyclic) bond motifs is 1. The Balaban J connectivity index is 1.79. The van der Waals surface area contributed by atoms with E-state index >= 15 is 0 Å². The van der Waals surface area contributed by atoms with Crippen LogP contribution in [0.2, 0.25) is 0 Å². The second kappa shape index (κ2) is 4.86.